The number of carbonyl (C=O) groups is 2. The van der Waals surface area contributed by atoms with Crippen molar-refractivity contribution in [3.8, 4) is 0 Å². The smallest absolute Gasteiger partial charge is 0.282 e. The van der Waals surface area contributed by atoms with Crippen molar-refractivity contribution in [3.05, 3.63) is 99.2 Å². The van der Waals surface area contributed by atoms with Gasteiger partial charge in [-0.25, -0.2) is 4.90 Å². The van der Waals surface area contributed by atoms with Crippen molar-refractivity contribution in [3.63, 3.8) is 0 Å². The van der Waals surface area contributed by atoms with Crippen molar-refractivity contribution in [1.82, 2.24) is 0 Å². The van der Waals surface area contributed by atoms with Crippen molar-refractivity contribution in [2.75, 3.05) is 10.2 Å². The zero-order valence-electron chi connectivity index (χ0n) is 17.9. The predicted molar refractivity (Wildman–Crippen MR) is 126 cm³/mol. The first-order valence-electron chi connectivity index (χ1n) is 10.1. The average Bonchev–Trinajstić information content (AvgIpc) is 2.97. The Morgan fingerprint density at radius 3 is 2.06 bits per heavy atom. The van der Waals surface area contributed by atoms with Crippen molar-refractivity contribution < 1.29 is 9.59 Å². The van der Waals surface area contributed by atoms with Gasteiger partial charge in [-0.15, -0.1) is 0 Å². The van der Waals surface area contributed by atoms with E-state index in [2.05, 4.69) is 5.32 Å². The number of amides is 2. The van der Waals surface area contributed by atoms with Crippen LogP contribution in [0.1, 0.15) is 27.8 Å². The molecule has 3 aromatic rings. The van der Waals surface area contributed by atoms with Crippen molar-refractivity contribution in [1.29, 1.82) is 0 Å². The van der Waals surface area contributed by atoms with Crippen LogP contribution >= 0.6 is 11.6 Å². The first kappa shape index (κ1) is 20.9. The molecule has 1 aliphatic heterocycles. The second kappa shape index (κ2) is 8.05. The first-order chi connectivity index (χ1) is 14.8. The number of imide groups is 1. The van der Waals surface area contributed by atoms with E-state index in [1.165, 1.54) is 4.90 Å². The van der Waals surface area contributed by atoms with E-state index in [-0.39, 0.29) is 11.6 Å². The molecule has 0 saturated carbocycles. The molecule has 156 valence electrons. The van der Waals surface area contributed by atoms with Crippen LogP contribution in [-0.2, 0) is 9.59 Å². The molecule has 3 aromatic carbocycles. The highest BCUT2D eigenvalue weighted by Gasteiger charge is 2.40. The Morgan fingerprint density at radius 1 is 0.742 bits per heavy atom. The summed E-state index contributed by atoms with van der Waals surface area (Å²) in [6.45, 7) is 7.81. The Morgan fingerprint density at radius 2 is 1.39 bits per heavy atom. The number of hydrogen-bond donors (Lipinski definition) is 1. The zero-order valence-corrected chi connectivity index (χ0v) is 18.7. The fourth-order valence-electron chi connectivity index (χ4n) is 3.59. The largest absolute Gasteiger partial charge is 0.350 e. The molecule has 0 saturated heterocycles. The summed E-state index contributed by atoms with van der Waals surface area (Å²) in [5.41, 5.74) is 6.55. The Balaban J connectivity index is 1.85. The maximum absolute atomic E-state index is 13.5. The Bertz CT molecular complexity index is 1240. The molecular formula is C26H23ClN2O2. The lowest BCUT2D eigenvalue weighted by molar-refractivity contribution is -0.120. The minimum absolute atomic E-state index is 0.263. The van der Waals surface area contributed by atoms with Crippen LogP contribution in [0.15, 0.2) is 66.4 Å². The van der Waals surface area contributed by atoms with Crippen molar-refractivity contribution in [2.24, 2.45) is 0 Å². The van der Waals surface area contributed by atoms with E-state index < -0.39 is 5.91 Å². The highest BCUT2D eigenvalue weighted by molar-refractivity contribution is 6.46. The normalized spacial score (nSPS) is 13.9. The zero-order chi connectivity index (χ0) is 22.3. The van der Waals surface area contributed by atoms with Gasteiger partial charge in [0.05, 0.1) is 11.3 Å². The van der Waals surface area contributed by atoms with Crippen LogP contribution in [0.25, 0.3) is 5.57 Å². The molecule has 4 rings (SSSR count). The summed E-state index contributed by atoms with van der Waals surface area (Å²) < 4.78 is 0. The SMILES string of the molecule is Cc1ccc(C2=C(Nc3cc(C)ccc3C)C(=O)N(c3ccc(C)c(Cl)c3)C2=O)cc1. The number of benzene rings is 3. The number of carbonyl (C=O) groups excluding carboxylic acids is 2. The van der Waals surface area contributed by atoms with Gasteiger partial charge in [-0.05, 0) is 68.1 Å². The van der Waals surface area contributed by atoms with Crippen molar-refractivity contribution in [2.45, 2.75) is 27.7 Å². The number of anilines is 2. The molecule has 0 atom stereocenters. The molecule has 5 heteroatoms. The molecule has 0 aromatic heterocycles. The van der Waals surface area contributed by atoms with Gasteiger partial charge in [0.2, 0.25) is 0 Å². The second-order valence-corrected chi connectivity index (χ2v) is 8.35. The third-order valence-corrected chi connectivity index (χ3v) is 5.90. The molecule has 31 heavy (non-hydrogen) atoms. The summed E-state index contributed by atoms with van der Waals surface area (Å²) in [6, 6.07) is 18.8. The van der Waals surface area contributed by atoms with Gasteiger partial charge in [0, 0.05) is 10.7 Å². The summed E-state index contributed by atoms with van der Waals surface area (Å²) >= 11 is 6.28. The summed E-state index contributed by atoms with van der Waals surface area (Å²) in [6.07, 6.45) is 0. The highest BCUT2D eigenvalue weighted by atomic mass is 35.5. The number of rotatable bonds is 4. The van der Waals surface area contributed by atoms with E-state index in [4.69, 9.17) is 11.6 Å². The highest BCUT2D eigenvalue weighted by Crippen LogP contribution is 2.35. The predicted octanol–water partition coefficient (Wildman–Crippen LogP) is 5.97. The summed E-state index contributed by atoms with van der Waals surface area (Å²) in [5, 5.41) is 3.76. The second-order valence-electron chi connectivity index (χ2n) is 7.94. The van der Waals surface area contributed by atoms with Gasteiger partial charge in [0.1, 0.15) is 5.70 Å². The molecule has 0 bridgehead atoms. The van der Waals surface area contributed by atoms with E-state index in [1.807, 2.05) is 70.2 Å². The summed E-state index contributed by atoms with van der Waals surface area (Å²) in [5.74, 6) is -0.775. The Hall–Kier alpha value is -3.37. The monoisotopic (exact) mass is 430 g/mol. The minimum Gasteiger partial charge on any atom is -0.350 e. The first-order valence-corrected chi connectivity index (χ1v) is 10.4. The number of nitrogens with zero attached hydrogens (tertiary/aromatic N) is 1. The molecule has 2 amide bonds. The van der Waals surface area contributed by atoms with Gasteiger partial charge < -0.3 is 5.32 Å². The van der Waals surface area contributed by atoms with Gasteiger partial charge in [0.25, 0.3) is 11.8 Å². The summed E-state index contributed by atoms with van der Waals surface area (Å²) in [4.78, 5) is 28.2. The molecule has 0 unspecified atom stereocenters. The van der Waals surface area contributed by atoms with E-state index in [0.29, 0.717) is 21.8 Å². The van der Waals surface area contributed by atoms with Crippen LogP contribution in [0.5, 0.6) is 0 Å². The van der Waals surface area contributed by atoms with E-state index in [1.54, 1.807) is 18.2 Å². The molecule has 1 heterocycles. The fourth-order valence-corrected chi connectivity index (χ4v) is 3.77. The molecule has 4 nitrogen and oxygen atoms in total. The van der Waals surface area contributed by atoms with Crippen LogP contribution in [0, 0.1) is 27.7 Å². The lowest BCUT2D eigenvalue weighted by Gasteiger charge is -2.17. The Labute approximate surface area is 187 Å². The third-order valence-electron chi connectivity index (χ3n) is 5.49. The Kier molecular flexibility index (Phi) is 5.42. The molecule has 0 aliphatic carbocycles. The van der Waals surface area contributed by atoms with Crippen molar-refractivity contribution >= 4 is 40.4 Å². The maximum atomic E-state index is 13.5. The number of halogens is 1. The lowest BCUT2D eigenvalue weighted by atomic mass is 10.0. The number of hydrogen-bond acceptors (Lipinski definition) is 3. The van der Waals surface area contributed by atoms with Gasteiger partial charge in [-0.2, -0.15) is 0 Å². The molecule has 1 N–H and O–H groups in total. The molecule has 0 fully saturated rings. The molecule has 1 aliphatic rings. The summed E-state index contributed by atoms with van der Waals surface area (Å²) in [7, 11) is 0. The molecule has 0 spiro atoms. The maximum Gasteiger partial charge on any atom is 0.282 e. The molecule has 0 radical (unpaired) electrons. The minimum atomic E-state index is -0.401. The van der Waals surface area contributed by atoms with Gasteiger partial charge >= 0.3 is 0 Å². The van der Waals surface area contributed by atoms with Crippen LogP contribution in [-0.4, -0.2) is 11.8 Å². The lowest BCUT2D eigenvalue weighted by Crippen LogP contribution is -2.32. The fraction of sp³-hybridized carbons (Fsp3) is 0.154. The van der Waals surface area contributed by atoms with Crippen LogP contribution in [0.4, 0.5) is 11.4 Å². The van der Waals surface area contributed by atoms with Gasteiger partial charge in [0.15, 0.2) is 0 Å². The topological polar surface area (TPSA) is 49.4 Å². The molecular weight excluding hydrogens is 408 g/mol. The van der Waals surface area contributed by atoms with E-state index in [9.17, 15) is 9.59 Å². The van der Waals surface area contributed by atoms with Crippen LogP contribution < -0.4 is 10.2 Å². The third kappa shape index (κ3) is 3.87. The number of nitrogens with one attached hydrogen (secondary N) is 1. The van der Waals surface area contributed by atoms with Gasteiger partial charge in [-0.3, -0.25) is 9.59 Å². The van der Waals surface area contributed by atoms with Crippen LogP contribution in [0.2, 0.25) is 5.02 Å². The van der Waals surface area contributed by atoms with Crippen LogP contribution in [0.3, 0.4) is 0 Å². The average molecular weight is 431 g/mol. The number of aryl methyl sites for hydroxylation is 4. The van der Waals surface area contributed by atoms with Gasteiger partial charge in [-0.1, -0.05) is 59.6 Å². The van der Waals surface area contributed by atoms with E-state index >= 15 is 0 Å². The van der Waals surface area contributed by atoms with E-state index in [0.717, 1.165) is 27.9 Å². The standard InChI is InChI=1S/C26H23ClN2O2/c1-15-6-10-19(11-7-15)23-24(28-22-13-16(2)5-8-18(22)4)26(31)29(25(23)30)20-12-9-17(3)21(27)14-20/h5-14,28H,1-4H3. The quantitative estimate of drug-likeness (QED) is 0.518.